The number of aromatic nitrogens is 1. The summed E-state index contributed by atoms with van der Waals surface area (Å²) in [6, 6.07) is 30.5. The fourth-order valence-corrected chi connectivity index (χ4v) is 4.23. The standard InChI is InChI=1S/C27H22N/c1-19(2)22-12-6-7-13-23(22)26-16-21-18-28-15-9-8-14-27(28)25(21)17-24(26)20-10-4-3-5-11-20/h3-17H,1,18H2,2H3/q+1. The Kier molecular flexibility index (Phi) is 3.95. The summed E-state index contributed by atoms with van der Waals surface area (Å²) < 4.78 is 2.33. The van der Waals surface area contributed by atoms with E-state index in [1.807, 2.05) is 0 Å². The highest BCUT2D eigenvalue weighted by atomic mass is 15.0. The number of nitrogens with zero attached hydrogens (tertiary/aromatic N) is 1. The van der Waals surface area contributed by atoms with E-state index in [0.29, 0.717) is 0 Å². The van der Waals surface area contributed by atoms with Crippen LogP contribution in [0.1, 0.15) is 18.1 Å². The molecule has 1 aromatic heterocycles. The molecule has 1 heteroatoms. The molecule has 28 heavy (non-hydrogen) atoms. The first kappa shape index (κ1) is 16.7. The second-order valence-electron chi connectivity index (χ2n) is 7.46. The van der Waals surface area contributed by atoms with E-state index in [2.05, 4.69) is 109 Å². The predicted octanol–water partition coefficient (Wildman–Crippen LogP) is 6.37. The van der Waals surface area contributed by atoms with Crippen molar-refractivity contribution in [2.45, 2.75) is 13.5 Å². The summed E-state index contributed by atoms with van der Waals surface area (Å²) >= 11 is 0. The molecule has 0 atom stereocenters. The van der Waals surface area contributed by atoms with E-state index in [1.54, 1.807) is 0 Å². The number of pyridine rings is 1. The van der Waals surface area contributed by atoms with Crippen LogP contribution in [0.15, 0.2) is 97.7 Å². The minimum absolute atomic E-state index is 0.919. The molecule has 4 aromatic rings. The summed E-state index contributed by atoms with van der Waals surface area (Å²) in [6.07, 6.45) is 2.17. The van der Waals surface area contributed by atoms with Crippen LogP contribution in [0.5, 0.6) is 0 Å². The van der Waals surface area contributed by atoms with Gasteiger partial charge in [-0.05, 0) is 52.9 Å². The van der Waals surface area contributed by atoms with Crippen molar-refractivity contribution >= 4 is 5.57 Å². The molecule has 0 aliphatic carbocycles. The average molecular weight is 360 g/mol. The number of hydrogen-bond acceptors (Lipinski definition) is 0. The predicted molar refractivity (Wildman–Crippen MR) is 117 cm³/mol. The molecule has 134 valence electrons. The molecule has 1 aliphatic heterocycles. The summed E-state index contributed by atoms with van der Waals surface area (Å²) in [5.41, 5.74) is 11.3. The molecule has 0 fully saturated rings. The Hall–Kier alpha value is -3.45. The maximum Gasteiger partial charge on any atom is 0.213 e. The van der Waals surface area contributed by atoms with Crippen molar-refractivity contribution in [1.29, 1.82) is 0 Å². The lowest BCUT2D eigenvalue weighted by molar-refractivity contribution is -0.672. The highest BCUT2D eigenvalue weighted by Crippen LogP contribution is 2.41. The first-order valence-electron chi connectivity index (χ1n) is 9.69. The Morgan fingerprint density at radius 3 is 2.32 bits per heavy atom. The normalized spacial score (nSPS) is 11.8. The minimum atomic E-state index is 0.919. The van der Waals surface area contributed by atoms with E-state index in [4.69, 9.17) is 0 Å². The Labute approximate surface area is 166 Å². The van der Waals surface area contributed by atoms with Crippen LogP contribution in [0.4, 0.5) is 0 Å². The van der Waals surface area contributed by atoms with Gasteiger partial charge in [0.25, 0.3) is 0 Å². The molecule has 2 heterocycles. The monoisotopic (exact) mass is 360 g/mol. The summed E-state index contributed by atoms with van der Waals surface area (Å²) in [4.78, 5) is 0. The quantitative estimate of drug-likeness (QED) is 0.329. The third-order valence-corrected chi connectivity index (χ3v) is 5.56. The van der Waals surface area contributed by atoms with E-state index in [9.17, 15) is 0 Å². The molecule has 5 rings (SSSR count). The fraction of sp³-hybridized carbons (Fsp3) is 0.0741. The lowest BCUT2D eigenvalue weighted by Crippen LogP contribution is -2.31. The van der Waals surface area contributed by atoms with Gasteiger partial charge < -0.3 is 0 Å². The zero-order chi connectivity index (χ0) is 19.1. The lowest BCUT2D eigenvalue weighted by atomic mass is 9.87. The number of allylic oxidation sites excluding steroid dienone is 1. The summed E-state index contributed by atoms with van der Waals surface area (Å²) in [6.45, 7) is 7.22. The van der Waals surface area contributed by atoms with Crippen LogP contribution in [-0.2, 0) is 6.54 Å². The number of rotatable bonds is 3. The van der Waals surface area contributed by atoms with Crippen LogP contribution in [0.3, 0.4) is 0 Å². The lowest BCUT2D eigenvalue weighted by Gasteiger charge is -2.16. The topological polar surface area (TPSA) is 3.88 Å². The maximum atomic E-state index is 4.21. The smallest absolute Gasteiger partial charge is 0.194 e. The fourth-order valence-electron chi connectivity index (χ4n) is 4.23. The third kappa shape index (κ3) is 2.68. The van der Waals surface area contributed by atoms with Crippen molar-refractivity contribution in [1.82, 2.24) is 0 Å². The molecule has 0 radical (unpaired) electrons. The molecular weight excluding hydrogens is 338 g/mol. The highest BCUT2D eigenvalue weighted by Gasteiger charge is 2.27. The Morgan fingerprint density at radius 1 is 0.750 bits per heavy atom. The number of benzene rings is 3. The van der Waals surface area contributed by atoms with Crippen molar-refractivity contribution in [2.24, 2.45) is 0 Å². The van der Waals surface area contributed by atoms with Gasteiger partial charge in [-0.1, -0.05) is 66.7 Å². The molecular formula is C27H22N+. The zero-order valence-corrected chi connectivity index (χ0v) is 16.0. The Balaban J connectivity index is 1.81. The average Bonchev–Trinajstić information content (AvgIpc) is 3.11. The molecule has 1 nitrogen and oxygen atoms in total. The van der Waals surface area contributed by atoms with E-state index in [0.717, 1.165) is 12.1 Å². The van der Waals surface area contributed by atoms with E-state index in [-0.39, 0.29) is 0 Å². The molecule has 1 aliphatic rings. The number of fused-ring (bicyclic) bond motifs is 3. The van der Waals surface area contributed by atoms with E-state index < -0.39 is 0 Å². The molecule has 0 N–H and O–H groups in total. The highest BCUT2D eigenvalue weighted by molar-refractivity contribution is 5.92. The van der Waals surface area contributed by atoms with Crippen molar-refractivity contribution in [3.63, 3.8) is 0 Å². The minimum Gasteiger partial charge on any atom is -0.194 e. The van der Waals surface area contributed by atoms with Crippen LogP contribution in [0.25, 0.3) is 39.1 Å². The van der Waals surface area contributed by atoms with Gasteiger partial charge in [0.05, 0.1) is 5.56 Å². The SMILES string of the molecule is C=C(C)c1ccccc1-c1cc2c(cc1-c1ccccc1)-c1cccc[n+]1C2. The van der Waals surface area contributed by atoms with E-state index >= 15 is 0 Å². The zero-order valence-electron chi connectivity index (χ0n) is 16.0. The first-order chi connectivity index (χ1) is 13.7. The molecule has 0 spiro atoms. The van der Waals surface area contributed by atoms with Gasteiger partial charge >= 0.3 is 0 Å². The van der Waals surface area contributed by atoms with Gasteiger partial charge in [-0.15, -0.1) is 0 Å². The molecule has 0 saturated carbocycles. The Bertz CT molecular complexity index is 1200. The van der Waals surface area contributed by atoms with Gasteiger partial charge in [0.15, 0.2) is 12.7 Å². The van der Waals surface area contributed by atoms with Gasteiger partial charge in [-0.25, -0.2) is 0 Å². The Morgan fingerprint density at radius 2 is 1.50 bits per heavy atom. The molecule has 0 bridgehead atoms. The van der Waals surface area contributed by atoms with Gasteiger partial charge in [-0.2, -0.15) is 4.57 Å². The molecule has 3 aromatic carbocycles. The summed E-state index contributed by atoms with van der Waals surface area (Å²) in [5.74, 6) is 0. The van der Waals surface area contributed by atoms with Crippen LogP contribution < -0.4 is 4.57 Å². The third-order valence-electron chi connectivity index (χ3n) is 5.56. The summed E-state index contributed by atoms with van der Waals surface area (Å²) in [5, 5.41) is 0. The van der Waals surface area contributed by atoms with Gasteiger partial charge in [0.2, 0.25) is 5.69 Å². The van der Waals surface area contributed by atoms with E-state index in [1.165, 1.54) is 44.6 Å². The number of hydrogen-bond donors (Lipinski definition) is 0. The van der Waals surface area contributed by atoms with Crippen molar-refractivity contribution in [3.05, 3.63) is 109 Å². The summed E-state index contributed by atoms with van der Waals surface area (Å²) in [7, 11) is 0. The van der Waals surface area contributed by atoms with Crippen LogP contribution in [-0.4, -0.2) is 0 Å². The van der Waals surface area contributed by atoms with Crippen molar-refractivity contribution in [2.75, 3.05) is 0 Å². The van der Waals surface area contributed by atoms with Crippen molar-refractivity contribution < 1.29 is 4.57 Å². The largest absolute Gasteiger partial charge is 0.213 e. The first-order valence-corrected chi connectivity index (χ1v) is 9.69. The van der Waals surface area contributed by atoms with Gasteiger partial charge in [-0.3, -0.25) is 0 Å². The van der Waals surface area contributed by atoms with Crippen molar-refractivity contribution in [3.8, 4) is 33.5 Å². The molecule has 0 saturated heterocycles. The van der Waals surface area contributed by atoms with Crippen LogP contribution in [0, 0.1) is 0 Å². The van der Waals surface area contributed by atoms with Crippen LogP contribution >= 0.6 is 0 Å². The second kappa shape index (κ2) is 6.61. The van der Waals surface area contributed by atoms with Gasteiger partial charge in [0, 0.05) is 17.7 Å². The molecule has 0 unspecified atom stereocenters. The van der Waals surface area contributed by atoms with Crippen LogP contribution in [0.2, 0.25) is 0 Å². The van der Waals surface area contributed by atoms with Gasteiger partial charge in [0.1, 0.15) is 0 Å². The molecule has 0 amide bonds. The maximum absolute atomic E-state index is 4.21. The second-order valence-corrected chi connectivity index (χ2v) is 7.46.